The first-order valence-corrected chi connectivity index (χ1v) is 8.36. The Labute approximate surface area is 129 Å². The van der Waals surface area contributed by atoms with Crippen LogP contribution in [0.4, 0.5) is 11.4 Å². The van der Waals surface area contributed by atoms with Gasteiger partial charge in [-0.1, -0.05) is 12.8 Å². The van der Waals surface area contributed by atoms with Gasteiger partial charge >= 0.3 is 0 Å². The molecule has 1 aromatic carbocycles. The van der Waals surface area contributed by atoms with Crippen molar-refractivity contribution >= 4 is 34.0 Å². The van der Waals surface area contributed by atoms with Crippen LogP contribution >= 0.6 is 22.6 Å². The van der Waals surface area contributed by atoms with Crippen LogP contribution in [-0.4, -0.2) is 37.1 Å². The quantitative estimate of drug-likeness (QED) is 0.641. The van der Waals surface area contributed by atoms with Gasteiger partial charge in [0.25, 0.3) is 0 Å². The van der Waals surface area contributed by atoms with Gasteiger partial charge in [0.2, 0.25) is 0 Å². The van der Waals surface area contributed by atoms with Gasteiger partial charge in [0.05, 0.1) is 11.4 Å². The van der Waals surface area contributed by atoms with Crippen LogP contribution in [0, 0.1) is 3.57 Å². The van der Waals surface area contributed by atoms with E-state index in [1.54, 1.807) is 0 Å². The Morgan fingerprint density at radius 3 is 2.37 bits per heavy atom. The average Bonchev–Trinajstić information content (AvgIpc) is 2.93. The number of rotatable bonds is 2. The largest absolute Gasteiger partial charge is 0.397 e. The molecule has 2 aliphatic rings. The summed E-state index contributed by atoms with van der Waals surface area (Å²) < 4.78 is 1.21. The van der Waals surface area contributed by atoms with Crippen LogP contribution in [0.3, 0.4) is 0 Å². The van der Waals surface area contributed by atoms with Crippen molar-refractivity contribution in [1.82, 2.24) is 4.90 Å². The monoisotopic (exact) mass is 371 g/mol. The summed E-state index contributed by atoms with van der Waals surface area (Å²) in [5.41, 5.74) is 8.28. The SMILES string of the molecule is Nc1cc(I)ccc1N1CCN(C2CCCC2)CC1. The summed E-state index contributed by atoms with van der Waals surface area (Å²) in [6.45, 7) is 4.61. The number of anilines is 2. The molecule has 0 unspecified atom stereocenters. The normalized spacial score (nSPS) is 22.1. The van der Waals surface area contributed by atoms with Crippen LogP contribution in [0.5, 0.6) is 0 Å². The van der Waals surface area contributed by atoms with Crippen molar-refractivity contribution < 1.29 is 0 Å². The van der Waals surface area contributed by atoms with Crippen LogP contribution in [-0.2, 0) is 0 Å². The van der Waals surface area contributed by atoms with Crippen molar-refractivity contribution in [1.29, 1.82) is 0 Å². The fourth-order valence-corrected chi connectivity index (χ4v) is 3.93. The summed E-state index contributed by atoms with van der Waals surface area (Å²) in [5.74, 6) is 0. The number of nitrogens with zero attached hydrogens (tertiary/aromatic N) is 2. The minimum atomic E-state index is 0.858. The van der Waals surface area contributed by atoms with Crippen molar-refractivity contribution in [2.24, 2.45) is 0 Å². The van der Waals surface area contributed by atoms with E-state index in [1.807, 2.05) is 0 Å². The fourth-order valence-electron chi connectivity index (χ4n) is 3.41. The van der Waals surface area contributed by atoms with Crippen molar-refractivity contribution in [3.63, 3.8) is 0 Å². The second-order valence-corrected chi connectivity index (χ2v) is 6.91. The zero-order chi connectivity index (χ0) is 13.2. The lowest BCUT2D eigenvalue weighted by Gasteiger charge is -2.39. The lowest BCUT2D eigenvalue weighted by molar-refractivity contribution is 0.187. The predicted molar refractivity (Wildman–Crippen MR) is 89.6 cm³/mol. The van der Waals surface area contributed by atoms with Crippen molar-refractivity contribution in [3.8, 4) is 0 Å². The Morgan fingerprint density at radius 2 is 1.74 bits per heavy atom. The van der Waals surface area contributed by atoms with E-state index in [-0.39, 0.29) is 0 Å². The summed E-state index contributed by atoms with van der Waals surface area (Å²) in [4.78, 5) is 5.13. The molecule has 3 nitrogen and oxygen atoms in total. The molecule has 3 rings (SSSR count). The number of hydrogen-bond donors (Lipinski definition) is 1. The second kappa shape index (κ2) is 5.87. The molecule has 19 heavy (non-hydrogen) atoms. The Kier molecular flexibility index (Phi) is 4.17. The highest BCUT2D eigenvalue weighted by Crippen LogP contribution is 2.28. The Bertz CT molecular complexity index is 435. The molecule has 0 spiro atoms. The molecule has 0 radical (unpaired) electrons. The third-order valence-corrected chi connectivity index (χ3v) is 5.16. The molecule has 4 heteroatoms. The number of halogens is 1. The third-order valence-electron chi connectivity index (χ3n) is 4.49. The molecular weight excluding hydrogens is 349 g/mol. The van der Waals surface area contributed by atoms with E-state index >= 15 is 0 Å². The molecule has 1 aliphatic heterocycles. The topological polar surface area (TPSA) is 32.5 Å². The fraction of sp³-hybridized carbons (Fsp3) is 0.600. The standard InChI is InChI=1S/C15H22IN3/c16-12-5-6-15(14(17)11-12)19-9-7-18(8-10-19)13-3-1-2-4-13/h5-6,11,13H,1-4,7-10,17H2. The van der Waals surface area contributed by atoms with Gasteiger partial charge in [0.15, 0.2) is 0 Å². The van der Waals surface area contributed by atoms with E-state index in [2.05, 4.69) is 50.6 Å². The molecule has 104 valence electrons. The summed E-state index contributed by atoms with van der Waals surface area (Å²) in [5, 5.41) is 0. The first-order valence-electron chi connectivity index (χ1n) is 7.28. The number of benzene rings is 1. The smallest absolute Gasteiger partial charge is 0.0601 e. The highest BCUT2D eigenvalue weighted by atomic mass is 127. The molecule has 1 saturated heterocycles. The van der Waals surface area contributed by atoms with E-state index in [1.165, 1.54) is 48.0 Å². The Hall–Kier alpha value is -0.490. The highest BCUT2D eigenvalue weighted by Gasteiger charge is 2.26. The third kappa shape index (κ3) is 2.99. The maximum Gasteiger partial charge on any atom is 0.0601 e. The van der Waals surface area contributed by atoms with Gasteiger partial charge in [-0.3, -0.25) is 4.90 Å². The molecule has 1 aromatic rings. The first kappa shape index (κ1) is 13.5. The molecule has 0 bridgehead atoms. The van der Waals surface area contributed by atoms with Crippen molar-refractivity contribution in [3.05, 3.63) is 21.8 Å². The molecule has 2 fully saturated rings. The molecular formula is C15H22IN3. The van der Waals surface area contributed by atoms with Crippen LogP contribution in [0.25, 0.3) is 0 Å². The van der Waals surface area contributed by atoms with Gasteiger partial charge in [-0.15, -0.1) is 0 Å². The van der Waals surface area contributed by atoms with Crippen molar-refractivity contribution in [2.45, 2.75) is 31.7 Å². The van der Waals surface area contributed by atoms with E-state index in [9.17, 15) is 0 Å². The Morgan fingerprint density at radius 1 is 1.05 bits per heavy atom. The Balaban J connectivity index is 1.63. The highest BCUT2D eigenvalue weighted by molar-refractivity contribution is 14.1. The van der Waals surface area contributed by atoms with Gasteiger partial charge in [-0.2, -0.15) is 0 Å². The molecule has 0 aromatic heterocycles. The van der Waals surface area contributed by atoms with Crippen LogP contribution in [0.2, 0.25) is 0 Å². The van der Waals surface area contributed by atoms with Gasteiger partial charge in [0.1, 0.15) is 0 Å². The van der Waals surface area contributed by atoms with Crippen LogP contribution in [0.15, 0.2) is 18.2 Å². The number of piperazine rings is 1. The van der Waals surface area contributed by atoms with E-state index < -0.39 is 0 Å². The first-order chi connectivity index (χ1) is 9.24. The van der Waals surface area contributed by atoms with Crippen LogP contribution in [0.1, 0.15) is 25.7 Å². The number of nitrogen functional groups attached to an aromatic ring is 1. The lowest BCUT2D eigenvalue weighted by atomic mass is 10.1. The predicted octanol–water partition coefficient (Wildman–Crippen LogP) is 2.94. The summed E-state index contributed by atoms with van der Waals surface area (Å²) in [7, 11) is 0. The summed E-state index contributed by atoms with van der Waals surface area (Å²) in [6.07, 6.45) is 5.67. The molecule has 0 atom stereocenters. The zero-order valence-corrected chi connectivity index (χ0v) is 13.5. The zero-order valence-electron chi connectivity index (χ0n) is 11.3. The van der Waals surface area contributed by atoms with E-state index in [0.29, 0.717) is 0 Å². The maximum absolute atomic E-state index is 6.15. The van der Waals surface area contributed by atoms with Gasteiger partial charge in [-0.05, 0) is 53.6 Å². The molecule has 1 aliphatic carbocycles. The summed E-state index contributed by atoms with van der Waals surface area (Å²) in [6, 6.07) is 7.24. The van der Waals surface area contributed by atoms with Gasteiger partial charge < -0.3 is 10.6 Å². The molecule has 1 heterocycles. The second-order valence-electron chi connectivity index (χ2n) is 5.66. The minimum Gasteiger partial charge on any atom is -0.397 e. The van der Waals surface area contributed by atoms with Gasteiger partial charge in [0, 0.05) is 35.8 Å². The molecule has 0 amide bonds. The van der Waals surface area contributed by atoms with Crippen molar-refractivity contribution in [2.75, 3.05) is 36.8 Å². The molecule has 2 N–H and O–H groups in total. The van der Waals surface area contributed by atoms with E-state index in [0.717, 1.165) is 24.8 Å². The average molecular weight is 371 g/mol. The van der Waals surface area contributed by atoms with Gasteiger partial charge in [-0.25, -0.2) is 0 Å². The van der Waals surface area contributed by atoms with E-state index in [4.69, 9.17) is 5.73 Å². The number of hydrogen-bond acceptors (Lipinski definition) is 3. The minimum absolute atomic E-state index is 0.858. The molecule has 1 saturated carbocycles. The summed E-state index contributed by atoms with van der Waals surface area (Å²) >= 11 is 2.31. The lowest BCUT2D eigenvalue weighted by Crippen LogP contribution is -2.49. The maximum atomic E-state index is 6.15. The number of nitrogens with two attached hydrogens (primary N) is 1. The van der Waals surface area contributed by atoms with Crippen LogP contribution < -0.4 is 10.6 Å².